The molecule has 0 N–H and O–H groups in total. The van der Waals surface area contributed by atoms with E-state index in [9.17, 15) is 4.79 Å². The van der Waals surface area contributed by atoms with Crippen molar-refractivity contribution in [2.75, 3.05) is 0 Å². The van der Waals surface area contributed by atoms with Crippen molar-refractivity contribution < 1.29 is 4.74 Å². The lowest BCUT2D eigenvalue weighted by atomic mass is 10.4. The van der Waals surface area contributed by atoms with Crippen LogP contribution < -0.4 is 10.4 Å². The summed E-state index contributed by atoms with van der Waals surface area (Å²) >= 11 is 0. The molecule has 4 nitrogen and oxygen atoms in total. The second-order valence-electron chi connectivity index (χ2n) is 3.41. The van der Waals surface area contributed by atoms with Crippen LogP contribution in [0.5, 0.6) is 5.88 Å². The maximum absolute atomic E-state index is 11.4. The summed E-state index contributed by atoms with van der Waals surface area (Å²) in [6, 6.07) is 1.72. The molecule has 0 radical (unpaired) electrons. The van der Waals surface area contributed by atoms with Crippen molar-refractivity contribution in [3.63, 3.8) is 0 Å². The van der Waals surface area contributed by atoms with E-state index in [1.807, 2.05) is 20.8 Å². The Hall–Kier alpha value is -1.32. The van der Waals surface area contributed by atoms with Crippen molar-refractivity contribution in [2.45, 2.75) is 39.8 Å². The number of aromatic nitrogens is 2. The molecular weight excluding hydrogens is 180 g/mol. The van der Waals surface area contributed by atoms with E-state index in [1.165, 1.54) is 0 Å². The quantitative estimate of drug-likeness (QED) is 0.732. The number of hydrogen-bond acceptors (Lipinski definition) is 3. The van der Waals surface area contributed by atoms with Gasteiger partial charge in [0.05, 0.1) is 6.10 Å². The predicted molar refractivity (Wildman–Crippen MR) is 54.6 cm³/mol. The summed E-state index contributed by atoms with van der Waals surface area (Å²) in [6.07, 6.45) is 2.69. The molecule has 1 aromatic heterocycles. The van der Waals surface area contributed by atoms with Crippen molar-refractivity contribution in [1.82, 2.24) is 9.55 Å². The number of ether oxygens (including phenoxy) is 1. The monoisotopic (exact) mass is 196 g/mol. The largest absolute Gasteiger partial charge is 0.475 e. The second kappa shape index (κ2) is 4.79. The molecule has 0 aliphatic rings. The molecular formula is C10H16N2O2. The zero-order valence-corrected chi connectivity index (χ0v) is 8.86. The standard InChI is InChI=1S/C10H16N2O2/c1-4-6-12-7-5-9(11-10(12)13)14-8(2)3/h5,7-8H,4,6H2,1-3H3. The maximum Gasteiger partial charge on any atom is 0.350 e. The van der Waals surface area contributed by atoms with Crippen molar-refractivity contribution in [2.24, 2.45) is 0 Å². The Labute approximate surface area is 83.5 Å². The van der Waals surface area contributed by atoms with E-state index in [0.717, 1.165) is 6.42 Å². The van der Waals surface area contributed by atoms with E-state index < -0.39 is 0 Å². The molecule has 0 bridgehead atoms. The number of aryl methyl sites for hydroxylation is 1. The van der Waals surface area contributed by atoms with Crippen molar-refractivity contribution >= 4 is 0 Å². The Morgan fingerprint density at radius 1 is 1.57 bits per heavy atom. The van der Waals surface area contributed by atoms with Crippen LogP contribution in [0.15, 0.2) is 17.1 Å². The first-order valence-electron chi connectivity index (χ1n) is 4.87. The minimum Gasteiger partial charge on any atom is -0.475 e. The first-order valence-corrected chi connectivity index (χ1v) is 4.87. The molecule has 1 heterocycles. The summed E-state index contributed by atoms with van der Waals surface area (Å²) in [4.78, 5) is 15.2. The molecule has 0 fully saturated rings. The van der Waals surface area contributed by atoms with Gasteiger partial charge in [-0.2, -0.15) is 4.98 Å². The third-order valence-corrected chi connectivity index (χ3v) is 1.67. The second-order valence-corrected chi connectivity index (χ2v) is 3.41. The third kappa shape index (κ3) is 2.87. The van der Waals surface area contributed by atoms with Crippen LogP contribution in [0.1, 0.15) is 27.2 Å². The van der Waals surface area contributed by atoms with Crippen LogP contribution in [-0.2, 0) is 6.54 Å². The maximum atomic E-state index is 11.4. The lowest BCUT2D eigenvalue weighted by Gasteiger charge is -2.08. The summed E-state index contributed by atoms with van der Waals surface area (Å²) in [5.41, 5.74) is -0.245. The van der Waals surface area contributed by atoms with Gasteiger partial charge in [0.2, 0.25) is 5.88 Å². The van der Waals surface area contributed by atoms with Crippen LogP contribution in [-0.4, -0.2) is 15.7 Å². The lowest BCUT2D eigenvalue weighted by molar-refractivity contribution is 0.230. The van der Waals surface area contributed by atoms with E-state index in [0.29, 0.717) is 12.4 Å². The zero-order valence-electron chi connectivity index (χ0n) is 8.86. The molecule has 0 amide bonds. The fourth-order valence-electron chi connectivity index (χ4n) is 1.13. The van der Waals surface area contributed by atoms with E-state index in [4.69, 9.17) is 4.74 Å². The Bertz CT molecular complexity index is 344. The Morgan fingerprint density at radius 3 is 2.79 bits per heavy atom. The molecule has 0 aromatic carbocycles. The van der Waals surface area contributed by atoms with E-state index in [1.54, 1.807) is 16.8 Å². The highest BCUT2D eigenvalue weighted by atomic mass is 16.5. The first-order chi connectivity index (χ1) is 6.63. The summed E-state index contributed by atoms with van der Waals surface area (Å²) in [5, 5.41) is 0. The van der Waals surface area contributed by atoms with Gasteiger partial charge in [-0.25, -0.2) is 4.79 Å². The smallest absolute Gasteiger partial charge is 0.350 e. The van der Waals surface area contributed by atoms with Gasteiger partial charge in [-0.15, -0.1) is 0 Å². The number of nitrogens with zero attached hydrogens (tertiary/aromatic N) is 2. The molecule has 14 heavy (non-hydrogen) atoms. The van der Waals surface area contributed by atoms with Crippen LogP contribution in [0, 0.1) is 0 Å². The average molecular weight is 196 g/mol. The molecule has 0 unspecified atom stereocenters. The van der Waals surface area contributed by atoms with Gasteiger partial charge in [-0.1, -0.05) is 6.92 Å². The molecule has 0 spiro atoms. The van der Waals surface area contributed by atoms with E-state index >= 15 is 0 Å². The van der Waals surface area contributed by atoms with Crippen LogP contribution in [0.25, 0.3) is 0 Å². The van der Waals surface area contributed by atoms with Crippen molar-refractivity contribution in [3.8, 4) is 5.88 Å². The highest BCUT2D eigenvalue weighted by molar-refractivity contribution is 5.05. The van der Waals surface area contributed by atoms with Gasteiger partial charge in [0.25, 0.3) is 0 Å². The highest BCUT2D eigenvalue weighted by Crippen LogP contribution is 2.04. The Balaban J connectivity index is 2.84. The fourth-order valence-corrected chi connectivity index (χ4v) is 1.13. The van der Waals surface area contributed by atoms with Crippen molar-refractivity contribution in [3.05, 3.63) is 22.7 Å². The van der Waals surface area contributed by atoms with Gasteiger partial charge < -0.3 is 4.74 Å². The zero-order chi connectivity index (χ0) is 10.6. The lowest BCUT2D eigenvalue weighted by Crippen LogP contribution is -2.23. The van der Waals surface area contributed by atoms with Gasteiger partial charge in [0.15, 0.2) is 0 Å². The van der Waals surface area contributed by atoms with Gasteiger partial charge in [-0.3, -0.25) is 4.57 Å². The Morgan fingerprint density at radius 2 is 2.29 bits per heavy atom. The van der Waals surface area contributed by atoms with Gasteiger partial charge in [0, 0.05) is 18.8 Å². The van der Waals surface area contributed by atoms with Gasteiger partial charge in [-0.05, 0) is 20.3 Å². The molecule has 0 atom stereocenters. The topological polar surface area (TPSA) is 44.1 Å². The number of hydrogen-bond donors (Lipinski definition) is 0. The summed E-state index contributed by atoms with van der Waals surface area (Å²) < 4.78 is 6.88. The van der Waals surface area contributed by atoms with Crippen LogP contribution in [0.3, 0.4) is 0 Å². The van der Waals surface area contributed by atoms with E-state index in [2.05, 4.69) is 4.98 Å². The number of rotatable bonds is 4. The van der Waals surface area contributed by atoms with Gasteiger partial charge >= 0.3 is 5.69 Å². The molecule has 0 saturated carbocycles. The highest BCUT2D eigenvalue weighted by Gasteiger charge is 2.01. The fraction of sp³-hybridized carbons (Fsp3) is 0.600. The summed E-state index contributed by atoms with van der Waals surface area (Å²) in [7, 11) is 0. The summed E-state index contributed by atoms with van der Waals surface area (Å²) in [5.74, 6) is 0.400. The van der Waals surface area contributed by atoms with E-state index in [-0.39, 0.29) is 11.8 Å². The molecule has 0 aliphatic heterocycles. The molecule has 1 rings (SSSR count). The van der Waals surface area contributed by atoms with Crippen molar-refractivity contribution in [1.29, 1.82) is 0 Å². The minimum atomic E-state index is -0.245. The SMILES string of the molecule is CCCn1ccc(OC(C)C)nc1=O. The minimum absolute atomic E-state index is 0.0453. The predicted octanol–water partition coefficient (Wildman–Crippen LogP) is 1.44. The van der Waals surface area contributed by atoms with Crippen LogP contribution >= 0.6 is 0 Å². The van der Waals surface area contributed by atoms with Crippen LogP contribution in [0.2, 0.25) is 0 Å². The first kappa shape index (κ1) is 10.8. The molecule has 78 valence electrons. The molecule has 1 aromatic rings. The third-order valence-electron chi connectivity index (χ3n) is 1.67. The Kier molecular flexibility index (Phi) is 3.68. The normalized spacial score (nSPS) is 10.6. The molecule has 0 saturated heterocycles. The average Bonchev–Trinajstić information content (AvgIpc) is 2.09. The summed E-state index contributed by atoms with van der Waals surface area (Å²) in [6.45, 7) is 6.53. The molecule has 4 heteroatoms. The van der Waals surface area contributed by atoms with Crippen LogP contribution in [0.4, 0.5) is 0 Å². The van der Waals surface area contributed by atoms with Gasteiger partial charge in [0.1, 0.15) is 0 Å². The molecule has 0 aliphatic carbocycles.